The van der Waals surface area contributed by atoms with Crippen LogP contribution >= 0.6 is 0 Å². The van der Waals surface area contributed by atoms with Crippen LogP contribution < -0.4 is 29.0 Å². The molecule has 0 atom stereocenters. The van der Waals surface area contributed by atoms with Crippen LogP contribution in [0.1, 0.15) is 181 Å². The van der Waals surface area contributed by atoms with Gasteiger partial charge in [-0.25, -0.2) is 27.4 Å². The Balaban J connectivity index is 1.39. The van der Waals surface area contributed by atoms with Crippen molar-refractivity contribution >= 4 is 60.6 Å². The first-order valence-corrected chi connectivity index (χ1v) is 42.2. The number of aryl methyl sites for hydroxylation is 3. The van der Waals surface area contributed by atoms with Gasteiger partial charge >= 0.3 is 17.9 Å². The first kappa shape index (κ1) is 89.4. The van der Waals surface area contributed by atoms with E-state index in [0.717, 1.165) is 42.8 Å². The maximum absolute atomic E-state index is 16.2. The molecule has 2 aliphatic rings. The van der Waals surface area contributed by atoms with Gasteiger partial charge in [-0.15, -0.1) is 0 Å². The monoisotopic (exact) mass is 1590 g/mol. The topological polar surface area (TPSA) is 256 Å². The second-order valence-corrected chi connectivity index (χ2v) is 34.6. The summed E-state index contributed by atoms with van der Waals surface area (Å²) < 4.78 is 132. The Morgan fingerprint density at radius 1 is 0.496 bits per heavy atom. The molecule has 1 N–H and O–H groups in total. The molecule has 113 heavy (non-hydrogen) atoms. The van der Waals surface area contributed by atoms with Crippen LogP contribution in [0.4, 0.5) is 5.69 Å². The molecule has 1 aliphatic carbocycles. The van der Waals surface area contributed by atoms with Crippen LogP contribution in [0, 0.1) is 20.8 Å². The zero-order valence-corrected chi connectivity index (χ0v) is 71.0. The molecule has 0 saturated heterocycles. The molecule has 0 spiro atoms. The number of fused-ring (bicyclic) bond motifs is 2. The second-order valence-electron chi connectivity index (χ2n) is 31.3. The predicted octanol–water partition coefficient (Wildman–Crippen LogP) is 16.8. The van der Waals surface area contributed by atoms with E-state index in [1.165, 1.54) is 16.4 Å². The standard InChI is InChI=1S/C89H116N4O18S2/c1-19-25-42-103-44-30-40-92(86(97)63-32-28-27-29-33-63)55-64-46-60(7)48-72(83(64)105-57-79(94)109-87(10,11)12)74-50-62(9)51-75(85(74)107-59-81(96)111-89(16,17)18)73-49-61(8)47-65(84(73)106-58-80(95)110-88(13,14)15)56-93(41-31-45-104-43-26-20-2)112(98,99)68-36-39-71(78(54-68)113(100,101)102)82-69-37-34-66(90(21-3)22-4)52-76(69)108-77-53-67(35-38-70(77)82)91(23-5)24-6/h27-29,32-39,46-54H,19-26,30-31,40-45,55-59H2,1-18H3/p+1. The van der Waals surface area contributed by atoms with Crippen LogP contribution in [-0.2, 0) is 71.3 Å². The molecule has 8 rings (SSSR count). The van der Waals surface area contributed by atoms with E-state index in [4.69, 9.17) is 42.3 Å². The van der Waals surface area contributed by atoms with Crippen molar-refractivity contribution in [3.63, 3.8) is 0 Å². The molecule has 0 radical (unpaired) electrons. The Bertz CT molecular complexity index is 4910. The molecule has 22 nitrogen and oxygen atoms in total. The first-order valence-electron chi connectivity index (χ1n) is 39.3. The molecule has 0 unspecified atom stereocenters. The largest absolute Gasteiger partial charge is 0.481 e. The molecule has 0 bridgehead atoms. The number of nitrogens with zero attached hydrogens (tertiary/aromatic N) is 4. The number of esters is 3. The highest BCUT2D eigenvalue weighted by molar-refractivity contribution is 7.89. The van der Waals surface area contributed by atoms with Gasteiger partial charge in [0.2, 0.25) is 15.4 Å². The third kappa shape index (κ3) is 24.7. The number of carbonyl (C=O) groups is 4. The van der Waals surface area contributed by atoms with Gasteiger partial charge in [-0.05, 0) is 220 Å². The van der Waals surface area contributed by atoms with Gasteiger partial charge in [-0.2, -0.15) is 12.7 Å². The fourth-order valence-corrected chi connectivity index (χ4v) is 15.8. The highest BCUT2D eigenvalue weighted by Gasteiger charge is 2.34. The average molecular weight is 1600 g/mol. The van der Waals surface area contributed by atoms with E-state index in [2.05, 4.69) is 16.4 Å². The molecule has 6 aromatic rings. The number of rotatable bonds is 39. The Morgan fingerprint density at radius 2 is 0.965 bits per heavy atom. The summed E-state index contributed by atoms with van der Waals surface area (Å²) in [7, 11) is -10.1. The maximum atomic E-state index is 16.2. The Hall–Kier alpha value is -9.17. The SMILES string of the molecule is CCCCOCCCN(Cc1cc(C)cc(-c2cc(C)cc(-c3cc(C)cc(CN(CCCOCCCC)S(=O)(=O)c4ccc(-c5c6ccc(=[N+](CC)CC)cc-6oc6cc(N(CC)CC)ccc56)c(S(=O)(=O)O)c4)c3OCC(=O)OC(C)(C)C)c2OCC(=O)OC(C)(C)C)c1OCC(=O)OC(C)(C)C)C(=O)c1ccccc1. The minimum absolute atomic E-state index is 0.00452. The van der Waals surface area contributed by atoms with E-state index in [1.807, 2.05) is 109 Å². The smallest absolute Gasteiger partial charge is 0.344 e. The zero-order chi connectivity index (χ0) is 82.8. The van der Waals surface area contributed by atoms with Gasteiger partial charge in [-0.1, -0.05) is 63.1 Å². The van der Waals surface area contributed by atoms with E-state index >= 15 is 8.42 Å². The fourth-order valence-electron chi connectivity index (χ4n) is 13.6. The average Bonchev–Trinajstić information content (AvgIpc) is 0.732. The lowest BCUT2D eigenvalue weighted by Gasteiger charge is -2.28. The summed E-state index contributed by atoms with van der Waals surface area (Å²) >= 11 is 0. The number of ether oxygens (including phenoxy) is 8. The number of sulfonamides is 1. The van der Waals surface area contributed by atoms with Crippen LogP contribution in [0.5, 0.6) is 17.2 Å². The van der Waals surface area contributed by atoms with Crippen LogP contribution in [-0.4, -0.2) is 157 Å². The van der Waals surface area contributed by atoms with E-state index in [-0.39, 0.29) is 78.1 Å². The summed E-state index contributed by atoms with van der Waals surface area (Å²) in [5.74, 6) is -1.79. The van der Waals surface area contributed by atoms with Crippen molar-refractivity contribution in [1.82, 2.24) is 13.8 Å². The lowest BCUT2D eigenvalue weighted by Crippen LogP contribution is -2.33. The van der Waals surface area contributed by atoms with Crippen molar-refractivity contribution in [3.8, 4) is 62.0 Å². The molecule has 1 heterocycles. The van der Waals surface area contributed by atoms with Gasteiger partial charge in [0, 0.05) is 145 Å². The predicted molar refractivity (Wildman–Crippen MR) is 443 cm³/mol. The quantitative estimate of drug-likeness (QED) is 0.00938. The number of hydrogen-bond acceptors (Lipinski definition) is 18. The Morgan fingerprint density at radius 3 is 1.45 bits per heavy atom. The van der Waals surface area contributed by atoms with Crippen molar-refractivity contribution in [2.45, 2.75) is 203 Å². The van der Waals surface area contributed by atoms with Crippen molar-refractivity contribution < 1.29 is 82.9 Å². The molecule has 0 fully saturated rings. The van der Waals surface area contributed by atoms with Crippen molar-refractivity contribution in [3.05, 3.63) is 160 Å². The van der Waals surface area contributed by atoms with Crippen LogP contribution in [0.15, 0.2) is 136 Å². The molecule has 0 saturated carbocycles. The summed E-state index contributed by atoms with van der Waals surface area (Å²) in [6.07, 6.45) is 4.09. The second kappa shape index (κ2) is 39.7. The third-order valence-corrected chi connectivity index (χ3v) is 21.2. The number of unbranched alkanes of at least 4 members (excludes halogenated alkanes) is 2. The van der Waals surface area contributed by atoms with Crippen LogP contribution in [0.2, 0.25) is 0 Å². The highest BCUT2D eigenvalue weighted by Crippen LogP contribution is 2.50. The summed E-state index contributed by atoms with van der Waals surface area (Å²) in [5.41, 5.74) is 3.69. The van der Waals surface area contributed by atoms with Gasteiger partial charge in [0.25, 0.3) is 16.0 Å². The summed E-state index contributed by atoms with van der Waals surface area (Å²) in [6, 6.07) is 34.8. The summed E-state index contributed by atoms with van der Waals surface area (Å²) in [4.78, 5) is 59.8. The van der Waals surface area contributed by atoms with Crippen LogP contribution in [0.3, 0.4) is 0 Å². The fraction of sp³-hybridized carbons (Fsp3) is 0.472. The number of amides is 1. The van der Waals surface area contributed by atoms with E-state index in [9.17, 15) is 32.1 Å². The van der Waals surface area contributed by atoms with Gasteiger partial charge in [-0.3, -0.25) is 9.35 Å². The van der Waals surface area contributed by atoms with Crippen molar-refractivity contribution in [1.29, 1.82) is 0 Å². The molecule has 24 heteroatoms. The lowest BCUT2D eigenvalue weighted by atomic mass is 9.90. The molecule has 1 aliphatic heterocycles. The lowest BCUT2D eigenvalue weighted by molar-refractivity contribution is -0.158. The van der Waals surface area contributed by atoms with Gasteiger partial charge in [0.1, 0.15) is 63.4 Å². The normalized spacial score (nSPS) is 12.1. The number of hydrogen-bond donors (Lipinski definition) is 1. The number of carbonyl (C=O) groups excluding carboxylic acids is 4. The molecule has 0 aromatic heterocycles. The molecule has 6 aromatic carbocycles. The maximum Gasteiger partial charge on any atom is 0.344 e. The van der Waals surface area contributed by atoms with Gasteiger partial charge < -0.3 is 52.1 Å². The van der Waals surface area contributed by atoms with E-state index in [0.29, 0.717) is 119 Å². The first-order chi connectivity index (χ1) is 53.4. The van der Waals surface area contributed by atoms with Crippen molar-refractivity contribution in [2.75, 3.05) is 90.4 Å². The zero-order valence-electron chi connectivity index (χ0n) is 69.4. The van der Waals surface area contributed by atoms with Gasteiger partial charge in [0.05, 0.1) is 11.0 Å². The Labute approximate surface area is 668 Å². The minimum Gasteiger partial charge on any atom is -0.481 e. The number of benzene rings is 7. The molecular weight excluding hydrogens is 1480 g/mol. The third-order valence-electron chi connectivity index (χ3n) is 18.5. The van der Waals surface area contributed by atoms with E-state index < -0.39 is 91.0 Å². The van der Waals surface area contributed by atoms with Crippen molar-refractivity contribution in [2.24, 2.45) is 0 Å². The molecular formula is C89H117N4O18S2+. The van der Waals surface area contributed by atoms with Gasteiger partial charge in [0.15, 0.2) is 19.8 Å². The minimum atomic E-state index is -5.25. The van der Waals surface area contributed by atoms with Crippen LogP contribution in [0.25, 0.3) is 55.7 Å². The summed E-state index contributed by atoms with van der Waals surface area (Å²) in [6.45, 7) is 35.3. The summed E-state index contributed by atoms with van der Waals surface area (Å²) in [5, 5.41) is 1.37. The number of anilines is 1. The van der Waals surface area contributed by atoms with E-state index in [1.54, 1.807) is 117 Å². The Kier molecular flexibility index (Phi) is 31.4. The molecule has 1 amide bonds. The molecule has 612 valence electrons. The highest BCUT2D eigenvalue weighted by atomic mass is 32.2.